The van der Waals surface area contributed by atoms with Crippen LogP contribution in [0, 0.1) is 0 Å². The van der Waals surface area contributed by atoms with Gasteiger partial charge in [-0.1, -0.05) is 0 Å². The Kier molecular flexibility index (Phi) is 9.93. The normalized spacial score (nSPS) is 9.97. The van der Waals surface area contributed by atoms with Crippen molar-refractivity contribution >= 4 is 56.3 Å². The monoisotopic (exact) mass is 607 g/mol. The Morgan fingerprint density at radius 1 is 0.514 bits per heavy atom. The first-order valence-electron chi connectivity index (χ1n) is 10.8. The Balaban J connectivity index is 1.75. The third kappa shape index (κ3) is 8.90. The van der Waals surface area contributed by atoms with Gasteiger partial charge in [0, 0.05) is 0 Å². The van der Waals surface area contributed by atoms with E-state index in [4.69, 9.17) is 9.05 Å². The number of carbonyl (C=O) groups is 3. The van der Waals surface area contributed by atoms with Gasteiger partial charge in [0.05, 0.1) is 0 Å². The number of amides is 3. The van der Waals surface area contributed by atoms with Crippen molar-refractivity contribution in [3.8, 4) is 17.2 Å². The van der Waals surface area contributed by atoms with Crippen LogP contribution in [0.3, 0.4) is 0 Å². The molecule has 0 bridgehead atoms. The molecule has 3 amide bonds. The molecule has 3 aromatic rings. The van der Waals surface area contributed by atoms with Gasteiger partial charge in [0.1, 0.15) is 0 Å². The van der Waals surface area contributed by atoms with Crippen LogP contribution >= 0.6 is 0 Å². The third-order valence-electron chi connectivity index (χ3n) is 4.46. The van der Waals surface area contributed by atoms with Gasteiger partial charge in [0.15, 0.2) is 0 Å². The van der Waals surface area contributed by atoms with E-state index in [1.807, 2.05) is 0 Å². The predicted octanol–water partition coefficient (Wildman–Crippen LogP) is 4.58. The van der Waals surface area contributed by atoms with E-state index in [9.17, 15) is 14.4 Å². The van der Waals surface area contributed by atoms with Crippen molar-refractivity contribution in [2.45, 2.75) is 0 Å². The number of carbonyl (C=O) groups excluding carboxylic acids is 3. The van der Waals surface area contributed by atoms with Gasteiger partial charge in [-0.25, -0.2) is 0 Å². The number of hydrogen-bond donors (Lipinski definition) is 3. The molecule has 188 valence electrons. The van der Waals surface area contributed by atoms with E-state index in [-0.39, 0.29) is 17.7 Å². The maximum absolute atomic E-state index is 11.5. The van der Waals surface area contributed by atoms with E-state index in [2.05, 4.69) is 35.7 Å². The van der Waals surface area contributed by atoms with Gasteiger partial charge in [0.25, 0.3) is 0 Å². The van der Waals surface area contributed by atoms with Gasteiger partial charge in [-0.2, -0.15) is 0 Å². The van der Waals surface area contributed by atoms with Crippen molar-refractivity contribution in [2.24, 2.45) is 0 Å². The number of benzene rings is 3. The predicted molar refractivity (Wildman–Crippen MR) is 143 cm³/mol. The molecule has 10 heteroatoms. The summed E-state index contributed by atoms with van der Waals surface area (Å²) in [5.74, 6) is 0.501. The maximum atomic E-state index is 11.5. The molecule has 0 unspecified atom stereocenters. The molecule has 0 fully saturated rings. The molecule has 0 atom stereocenters. The average Bonchev–Trinajstić information content (AvgIpc) is 2.91. The van der Waals surface area contributed by atoms with Gasteiger partial charge < -0.3 is 0 Å². The van der Waals surface area contributed by atoms with Gasteiger partial charge in [-0.15, -0.1) is 0 Å². The molecule has 0 aliphatic rings. The summed E-state index contributed by atoms with van der Waals surface area (Å²) in [7, 11) is 0. The molecular formula is C27H24N3O6Sb. The quantitative estimate of drug-likeness (QED) is 0.205. The fourth-order valence-electron chi connectivity index (χ4n) is 2.69. The first kappa shape index (κ1) is 27.1. The summed E-state index contributed by atoms with van der Waals surface area (Å²) >= 11 is -3.41. The van der Waals surface area contributed by atoms with E-state index in [0.29, 0.717) is 34.3 Å². The van der Waals surface area contributed by atoms with E-state index in [1.54, 1.807) is 72.8 Å². The first-order chi connectivity index (χ1) is 17.9. The molecule has 0 spiro atoms. The summed E-state index contributed by atoms with van der Waals surface area (Å²) in [5, 5.41) is 8.00. The van der Waals surface area contributed by atoms with Crippen molar-refractivity contribution in [2.75, 3.05) is 16.0 Å². The number of hydrogen-bond acceptors (Lipinski definition) is 6. The van der Waals surface area contributed by atoms with Crippen molar-refractivity contribution in [1.29, 1.82) is 0 Å². The zero-order valence-electron chi connectivity index (χ0n) is 19.7. The minimum atomic E-state index is -3.41. The van der Waals surface area contributed by atoms with Crippen molar-refractivity contribution in [3.05, 3.63) is 111 Å². The van der Waals surface area contributed by atoms with Crippen LogP contribution in [0.2, 0.25) is 0 Å². The van der Waals surface area contributed by atoms with Gasteiger partial charge in [0.2, 0.25) is 0 Å². The molecule has 0 heterocycles. The fraction of sp³-hybridized carbons (Fsp3) is 0. The summed E-state index contributed by atoms with van der Waals surface area (Å²) in [6, 6.07) is 20.2. The molecule has 0 aromatic heterocycles. The van der Waals surface area contributed by atoms with Crippen LogP contribution < -0.4 is 25.0 Å². The molecule has 9 nitrogen and oxygen atoms in total. The molecular weight excluding hydrogens is 584 g/mol. The zero-order valence-corrected chi connectivity index (χ0v) is 22.2. The van der Waals surface area contributed by atoms with E-state index >= 15 is 0 Å². The van der Waals surface area contributed by atoms with Crippen LogP contribution in [0.1, 0.15) is 0 Å². The molecule has 3 aromatic carbocycles. The van der Waals surface area contributed by atoms with Crippen LogP contribution in [0.4, 0.5) is 17.1 Å². The molecule has 3 N–H and O–H groups in total. The van der Waals surface area contributed by atoms with E-state index in [1.165, 1.54) is 18.2 Å². The van der Waals surface area contributed by atoms with Crippen LogP contribution in [0.5, 0.6) is 17.2 Å². The van der Waals surface area contributed by atoms with Crippen LogP contribution in [0.15, 0.2) is 111 Å². The van der Waals surface area contributed by atoms with Crippen molar-refractivity contribution in [1.82, 2.24) is 0 Å². The first-order valence-corrected chi connectivity index (χ1v) is 14.0. The standard InChI is InChI=1S/3C9H9NO2.Sb/c3*1-2-9(12)10-7-3-5-8(11)6-4-7;/h3*2-6,11H,1H2,(H,10,12);/q;;;+3/p-3. The molecule has 0 aliphatic heterocycles. The minimum absolute atomic E-state index is 0.323. The van der Waals surface area contributed by atoms with Crippen LogP contribution in [-0.4, -0.2) is 39.2 Å². The summed E-state index contributed by atoms with van der Waals surface area (Å²) < 4.78 is 18.2. The average molecular weight is 608 g/mol. The number of anilines is 3. The van der Waals surface area contributed by atoms with Crippen LogP contribution in [0.25, 0.3) is 0 Å². The SMILES string of the molecule is C=CC(=O)Nc1ccc([O][Sb]([O]c2ccc(NC(=O)C=C)cc2)[O]c2ccc(NC(=O)C=C)cc2)cc1. The molecule has 3 rings (SSSR count). The molecule has 0 radical (unpaired) electrons. The van der Waals surface area contributed by atoms with E-state index < -0.39 is 21.5 Å². The Bertz CT molecular complexity index is 1110. The summed E-state index contributed by atoms with van der Waals surface area (Å²) in [6.45, 7) is 10.3. The van der Waals surface area contributed by atoms with Crippen molar-refractivity contribution in [3.63, 3.8) is 0 Å². The number of rotatable bonds is 12. The number of nitrogens with one attached hydrogen (secondary N) is 3. The Morgan fingerprint density at radius 3 is 0.973 bits per heavy atom. The molecule has 0 saturated heterocycles. The van der Waals surface area contributed by atoms with Crippen molar-refractivity contribution < 1.29 is 23.4 Å². The second-order valence-electron chi connectivity index (χ2n) is 7.15. The van der Waals surface area contributed by atoms with Gasteiger partial charge in [-0.05, 0) is 0 Å². The van der Waals surface area contributed by atoms with Gasteiger partial charge >= 0.3 is 224 Å². The molecule has 37 heavy (non-hydrogen) atoms. The van der Waals surface area contributed by atoms with Crippen LogP contribution in [-0.2, 0) is 14.4 Å². The van der Waals surface area contributed by atoms with Gasteiger partial charge in [-0.3, -0.25) is 0 Å². The Hall–Kier alpha value is -4.49. The molecule has 0 saturated carbocycles. The Labute approximate surface area is 223 Å². The Morgan fingerprint density at radius 2 is 0.757 bits per heavy atom. The second-order valence-corrected chi connectivity index (χ2v) is 9.99. The van der Waals surface area contributed by atoms with E-state index in [0.717, 1.165) is 0 Å². The topological polar surface area (TPSA) is 115 Å². The fourth-order valence-corrected chi connectivity index (χ4v) is 5.53. The molecule has 0 aliphatic carbocycles. The third-order valence-corrected chi connectivity index (χ3v) is 7.54. The second kappa shape index (κ2) is 13.6. The summed E-state index contributed by atoms with van der Waals surface area (Å²) in [5.41, 5.74) is 1.74. The summed E-state index contributed by atoms with van der Waals surface area (Å²) in [6.07, 6.45) is 3.54. The summed E-state index contributed by atoms with van der Waals surface area (Å²) in [4.78, 5) is 34.5. The zero-order chi connectivity index (χ0) is 26.6.